The fourth-order valence-corrected chi connectivity index (χ4v) is 1.36. The van der Waals surface area contributed by atoms with E-state index in [1.165, 1.54) is 6.07 Å². The number of nitrogens with one attached hydrogen (secondary N) is 1. The Labute approximate surface area is 98.6 Å². The monoisotopic (exact) mass is 238 g/mol. The minimum Gasteiger partial charge on any atom is -0.478 e. The van der Waals surface area contributed by atoms with Crippen LogP contribution in [0.5, 0.6) is 0 Å². The van der Waals surface area contributed by atoms with E-state index in [0.717, 1.165) is 0 Å². The molecule has 1 heterocycles. The Balaban J connectivity index is 2.99. The van der Waals surface area contributed by atoms with Gasteiger partial charge in [0.15, 0.2) is 0 Å². The zero-order valence-corrected chi connectivity index (χ0v) is 9.72. The molecule has 0 radical (unpaired) electrons. The Kier molecular flexibility index (Phi) is 4.15. The van der Waals surface area contributed by atoms with Crippen molar-refractivity contribution in [3.05, 3.63) is 22.3 Å². The number of hydrogen-bond donors (Lipinski definition) is 2. The van der Waals surface area contributed by atoms with Crippen LogP contribution in [0.2, 0.25) is 5.02 Å². The molecule has 0 saturated carbocycles. The second-order valence-electron chi connectivity index (χ2n) is 3.04. The molecule has 0 unspecified atom stereocenters. The van der Waals surface area contributed by atoms with Crippen LogP contribution in [-0.4, -0.2) is 22.6 Å². The molecule has 0 amide bonds. The van der Waals surface area contributed by atoms with Crippen molar-refractivity contribution in [2.45, 2.75) is 13.8 Å². The highest BCUT2D eigenvalue weighted by molar-refractivity contribution is 6.33. The van der Waals surface area contributed by atoms with E-state index in [0.29, 0.717) is 18.1 Å². The summed E-state index contributed by atoms with van der Waals surface area (Å²) in [5.41, 5.74) is 0.529. The van der Waals surface area contributed by atoms with Gasteiger partial charge in [0.2, 0.25) is 0 Å². The molecule has 16 heavy (non-hydrogen) atoms. The van der Waals surface area contributed by atoms with E-state index in [-0.39, 0.29) is 10.6 Å². The average molecular weight is 239 g/mol. The Morgan fingerprint density at radius 2 is 2.38 bits per heavy atom. The van der Waals surface area contributed by atoms with Crippen molar-refractivity contribution in [3.63, 3.8) is 0 Å². The third-order valence-electron chi connectivity index (χ3n) is 1.92. The maximum absolute atomic E-state index is 10.8. The maximum atomic E-state index is 10.8. The predicted molar refractivity (Wildman–Crippen MR) is 62.9 cm³/mol. The number of halogens is 1. The summed E-state index contributed by atoms with van der Waals surface area (Å²) in [6.07, 6.45) is 0. The molecule has 0 saturated heterocycles. The van der Waals surface area contributed by atoms with Crippen molar-refractivity contribution in [3.8, 4) is 11.8 Å². The summed E-state index contributed by atoms with van der Waals surface area (Å²) < 4.78 is 0. The number of carbonyl (C=O) groups is 1. The number of hydrogen-bond acceptors (Lipinski definition) is 3. The number of aromatic carboxylic acids is 1. The fraction of sp³-hybridized carbons (Fsp3) is 0.273. The van der Waals surface area contributed by atoms with Crippen LogP contribution in [0.1, 0.15) is 23.0 Å². The molecule has 1 rings (SSSR count). The van der Waals surface area contributed by atoms with E-state index in [1.807, 2.05) is 0 Å². The van der Waals surface area contributed by atoms with Crippen LogP contribution in [0.25, 0.3) is 0 Å². The van der Waals surface area contributed by atoms with Crippen LogP contribution in [-0.2, 0) is 0 Å². The van der Waals surface area contributed by atoms with E-state index in [1.54, 1.807) is 13.8 Å². The minimum atomic E-state index is -1.04. The lowest BCUT2D eigenvalue weighted by molar-refractivity contribution is 0.0695. The zero-order chi connectivity index (χ0) is 12.1. The molecule has 0 atom stereocenters. The smallest absolute Gasteiger partial charge is 0.337 e. The van der Waals surface area contributed by atoms with E-state index in [2.05, 4.69) is 22.1 Å². The van der Waals surface area contributed by atoms with Gasteiger partial charge in [-0.25, -0.2) is 9.78 Å². The lowest BCUT2D eigenvalue weighted by Gasteiger charge is -2.07. The van der Waals surface area contributed by atoms with E-state index in [4.69, 9.17) is 16.7 Å². The van der Waals surface area contributed by atoms with Crippen molar-refractivity contribution in [2.75, 3.05) is 11.9 Å². The van der Waals surface area contributed by atoms with E-state index < -0.39 is 5.97 Å². The first-order valence-corrected chi connectivity index (χ1v) is 4.98. The molecule has 0 aliphatic carbocycles. The molecule has 1 aromatic rings. The van der Waals surface area contributed by atoms with Crippen LogP contribution < -0.4 is 5.32 Å². The number of pyridine rings is 1. The highest BCUT2D eigenvalue weighted by atomic mass is 35.5. The Hall–Kier alpha value is -1.73. The van der Waals surface area contributed by atoms with Gasteiger partial charge in [-0.2, -0.15) is 0 Å². The quantitative estimate of drug-likeness (QED) is 0.793. The van der Waals surface area contributed by atoms with Gasteiger partial charge in [-0.3, -0.25) is 0 Å². The summed E-state index contributed by atoms with van der Waals surface area (Å²) >= 11 is 5.89. The van der Waals surface area contributed by atoms with Gasteiger partial charge >= 0.3 is 5.97 Å². The largest absolute Gasteiger partial charge is 0.478 e. The van der Waals surface area contributed by atoms with Gasteiger partial charge < -0.3 is 10.4 Å². The first-order valence-electron chi connectivity index (χ1n) is 4.60. The molecule has 4 nitrogen and oxygen atoms in total. The van der Waals surface area contributed by atoms with Gasteiger partial charge in [-0.15, -0.1) is 5.92 Å². The molecule has 0 spiro atoms. The number of rotatable bonds is 3. The number of carboxylic acids is 1. The molecule has 2 N–H and O–H groups in total. The SMILES string of the molecule is CC#CCNc1nc(C)c(C(=O)O)cc1Cl. The van der Waals surface area contributed by atoms with Gasteiger partial charge in [0, 0.05) is 0 Å². The van der Waals surface area contributed by atoms with Crippen molar-refractivity contribution < 1.29 is 9.90 Å². The number of carboxylic acid groups (broad SMARTS) is 1. The fourth-order valence-electron chi connectivity index (χ4n) is 1.14. The summed E-state index contributed by atoms with van der Waals surface area (Å²) in [5, 5.41) is 12.0. The van der Waals surface area contributed by atoms with Crippen LogP contribution in [0.3, 0.4) is 0 Å². The molecule has 0 aliphatic rings. The summed E-state index contributed by atoms with van der Waals surface area (Å²) in [6.45, 7) is 3.78. The van der Waals surface area contributed by atoms with Gasteiger partial charge in [-0.05, 0) is 19.9 Å². The third-order valence-corrected chi connectivity index (χ3v) is 2.21. The summed E-state index contributed by atoms with van der Waals surface area (Å²) in [7, 11) is 0. The van der Waals surface area contributed by atoms with E-state index >= 15 is 0 Å². The van der Waals surface area contributed by atoms with Crippen molar-refractivity contribution in [2.24, 2.45) is 0 Å². The molecule has 0 bridgehead atoms. The van der Waals surface area contributed by atoms with Gasteiger partial charge in [0.25, 0.3) is 0 Å². The van der Waals surface area contributed by atoms with Gasteiger partial charge in [-0.1, -0.05) is 17.5 Å². The zero-order valence-electron chi connectivity index (χ0n) is 8.97. The van der Waals surface area contributed by atoms with Crippen LogP contribution in [0.15, 0.2) is 6.07 Å². The topological polar surface area (TPSA) is 62.2 Å². The lowest BCUT2D eigenvalue weighted by atomic mass is 10.2. The average Bonchev–Trinajstić information content (AvgIpc) is 2.22. The van der Waals surface area contributed by atoms with Crippen LogP contribution >= 0.6 is 11.6 Å². The first-order chi connectivity index (χ1) is 7.56. The standard InChI is InChI=1S/C11H11ClN2O2/c1-3-4-5-13-10-9(12)6-8(11(15)16)7(2)14-10/h6H,5H2,1-2H3,(H,13,14)(H,15,16). The highest BCUT2D eigenvalue weighted by Crippen LogP contribution is 2.22. The predicted octanol–water partition coefficient (Wildman–Crippen LogP) is 2.18. The van der Waals surface area contributed by atoms with Crippen molar-refractivity contribution in [1.82, 2.24) is 4.98 Å². The normalized spacial score (nSPS) is 9.19. The second kappa shape index (κ2) is 5.38. The third kappa shape index (κ3) is 2.88. The molecule has 1 aromatic heterocycles. The number of aromatic nitrogens is 1. The molecule has 0 aromatic carbocycles. The lowest BCUT2D eigenvalue weighted by Crippen LogP contribution is -2.07. The number of anilines is 1. The summed E-state index contributed by atoms with van der Waals surface area (Å²) in [4.78, 5) is 14.9. The Morgan fingerprint density at radius 3 is 2.94 bits per heavy atom. The summed E-state index contributed by atoms with van der Waals surface area (Å²) in [6, 6.07) is 1.38. The van der Waals surface area contributed by atoms with Gasteiger partial charge in [0.1, 0.15) is 5.82 Å². The molecule has 0 fully saturated rings. The highest BCUT2D eigenvalue weighted by Gasteiger charge is 2.12. The molecule has 84 valence electrons. The van der Waals surface area contributed by atoms with E-state index in [9.17, 15) is 4.79 Å². The molecule has 5 heteroatoms. The summed E-state index contributed by atoms with van der Waals surface area (Å²) in [5.74, 6) is 4.94. The molecule has 0 aliphatic heterocycles. The first kappa shape index (κ1) is 12.3. The number of nitrogens with zero attached hydrogens (tertiary/aromatic N) is 1. The van der Waals surface area contributed by atoms with Crippen LogP contribution in [0, 0.1) is 18.8 Å². The van der Waals surface area contributed by atoms with Crippen molar-refractivity contribution >= 4 is 23.4 Å². The molecular weight excluding hydrogens is 228 g/mol. The molecular formula is C11H11ClN2O2. The Bertz CT molecular complexity index is 475. The Morgan fingerprint density at radius 1 is 1.69 bits per heavy atom. The minimum absolute atomic E-state index is 0.108. The van der Waals surface area contributed by atoms with Gasteiger partial charge in [0.05, 0.1) is 22.8 Å². The second-order valence-corrected chi connectivity index (χ2v) is 3.44. The van der Waals surface area contributed by atoms with Crippen molar-refractivity contribution in [1.29, 1.82) is 0 Å². The van der Waals surface area contributed by atoms with Crippen LogP contribution in [0.4, 0.5) is 5.82 Å². The maximum Gasteiger partial charge on any atom is 0.337 e. The number of aryl methyl sites for hydroxylation is 1.